The van der Waals surface area contributed by atoms with Crippen molar-refractivity contribution in [1.82, 2.24) is 20.2 Å². The second kappa shape index (κ2) is 7.22. The van der Waals surface area contributed by atoms with E-state index in [1.54, 1.807) is 17.7 Å². The fraction of sp³-hybridized carbons (Fsp3) is 0.188. The molecule has 0 amide bonds. The van der Waals surface area contributed by atoms with Crippen molar-refractivity contribution < 1.29 is 4.92 Å². The van der Waals surface area contributed by atoms with Gasteiger partial charge in [-0.1, -0.05) is 54.2 Å². The average molecular weight is 341 g/mol. The smallest absolute Gasteiger partial charge is 0.258 e. The van der Waals surface area contributed by atoms with Crippen molar-refractivity contribution in [2.75, 3.05) is 0 Å². The van der Waals surface area contributed by atoms with E-state index in [0.29, 0.717) is 23.0 Å². The second-order valence-corrected chi connectivity index (χ2v) is 6.15. The molecule has 3 rings (SSSR count). The summed E-state index contributed by atoms with van der Waals surface area (Å²) in [5, 5.41) is 23.5. The summed E-state index contributed by atoms with van der Waals surface area (Å²) in [4.78, 5) is 10.7. The molecule has 0 radical (unpaired) electrons. The maximum absolute atomic E-state index is 11.0. The van der Waals surface area contributed by atoms with Crippen molar-refractivity contribution in [2.45, 2.75) is 24.4 Å². The van der Waals surface area contributed by atoms with Crippen LogP contribution in [-0.2, 0) is 12.3 Å². The van der Waals surface area contributed by atoms with Crippen LogP contribution in [0.4, 0.5) is 5.69 Å². The molecule has 0 bridgehead atoms. The Labute approximate surface area is 142 Å². The van der Waals surface area contributed by atoms with Crippen LogP contribution < -0.4 is 0 Å². The molecular weight excluding hydrogens is 326 g/mol. The van der Waals surface area contributed by atoms with E-state index in [1.807, 2.05) is 36.4 Å². The molecule has 0 fully saturated rings. The van der Waals surface area contributed by atoms with E-state index in [1.165, 1.54) is 17.8 Å². The molecule has 0 saturated heterocycles. The predicted octanol–water partition coefficient (Wildman–Crippen LogP) is 3.23. The van der Waals surface area contributed by atoms with Crippen LogP contribution in [0.3, 0.4) is 0 Å². The maximum atomic E-state index is 11.0. The lowest BCUT2D eigenvalue weighted by Crippen LogP contribution is -2.04. The lowest BCUT2D eigenvalue weighted by Gasteiger charge is -2.07. The first-order valence-electron chi connectivity index (χ1n) is 7.31. The molecule has 3 aromatic rings. The Bertz CT molecular complexity index is 851. The fourth-order valence-electron chi connectivity index (χ4n) is 2.32. The van der Waals surface area contributed by atoms with Gasteiger partial charge in [-0.2, -0.15) is 0 Å². The number of nitro benzene ring substituents is 1. The summed E-state index contributed by atoms with van der Waals surface area (Å²) in [6.45, 7) is 2.35. The van der Waals surface area contributed by atoms with Crippen molar-refractivity contribution in [3.8, 4) is 0 Å². The van der Waals surface area contributed by atoms with E-state index in [-0.39, 0.29) is 10.6 Å². The van der Waals surface area contributed by atoms with Gasteiger partial charge in [-0.15, -0.1) is 5.10 Å². The van der Waals surface area contributed by atoms with Crippen LogP contribution >= 0.6 is 11.8 Å². The summed E-state index contributed by atoms with van der Waals surface area (Å²) in [6, 6.07) is 15.0. The number of nitro groups is 1. The SMILES string of the molecule is Cc1c(CSc2nnnn2Cc2ccccc2)cccc1[N+](=O)[O-]. The summed E-state index contributed by atoms with van der Waals surface area (Å²) in [7, 11) is 0. The highest BCUT2D eigenvalue weighted by Gasteiger charge is 2.14. The van der Waals surface area contributed by atoms with Crippen LogP contribution in [0.2, 0.25) is 0 Å². The van der Waals surface area contributed by atoms with Gasteiger partial charge in [-0.3, -0.25) is 10.1 Å². The third-order valence-electron chi connectivity index (χ3n) is 3.65. The third kappa shape index (κ3) is 3.60. The van der Waals surface area contributed by atoms with Gasteiger partial charge in [0.25, 0.3) is 5.69 Å². The molecule has 2 aromatic carbocycles. The molecule has 0 unspecified atom stereocenters. The number of hydrogen-bond donors (Lipinski definition) is 0. The highest BCUT2D eigenvalue weighted by atomic mass is 32.2. The molecule has 8 heteroatoms. The zero-order valence-electron chi connectivity index (χ0n) is 13.0. The highest BCUT2D eigenvalue weighted by Crippen LogP contribution is 2.27. The Hall–Kier alpha value is -2.74. The molecular formula is C16H15N5O2S. The van der Waals surface area contributed by atoms with Crippen molar-refractivity contribution in [2.24, 2.45) is 0 Å². The molecule has 0 aliphatic carbocycles. The van der Waals surface area contributed by atoms with Crippen LogP contribution in [-0.4, -0.2) is 25.1 Å². The van der Waals surface area contributed by atoms with E-state index >= 15 is 0 Å². The molecule has 0 spiro atoms. The first kappa shape index (κ1) is 16.1. The zero-order valence-corrected chi connectivity index (χ0v) is 13.8. The molecule has 0 atom stereocenters. The van der Waals surface area contributed by atoms with E-state index in [4.69, 9.17) is 0 Å². The van der Waals surface area contributed by atoms with E-state index < -0.39 is 0 Å². The van der Waals surface area contributed by atoms with Gasteiger partial charge < -0.3 is 0 Å². The summed E-state index contributed by atoms with van der Waals surface area (Å²) in [5.41, 5.74) is 2.83. The van der Waals surface area contributed by atoms with Gasteiger partial charge in [0.1, 0.15) is 0 Å². The maximum Gasteiger partial charge on any atom is 0.272 e. The molecule has 0 N–H and O–H groups in total. The Morgan fingerprint density at radius 2 is 1.96 bits per heavy atom. The van der Waals surface area contributed by atoms with Crippen molar-refractivity contribution in [1.29, 1.82) is 0 Å². The Morgan fingerprint density at radius 1 is 1.17 bits per heavy atom. The van der Waals surface area contributed by atoms with Gasteiger partial charge in [0.15, 0.2) is 0 Å². The molecule has 0 saturated carbocycles. The Morgan fingerprint density at radius 3 is 2.71 bits per heavy atom. The molecule has 7 nitrogen and oxygen atoms in total. The minimum Gasteiger partial charge on any atom is -0.258 e. The quantitative estimate of drug-likeness (QED) is 0.389. The largest absolute Gasteiger partial charge is 0.272 e. The van der Waals surface area contributed by atoms with Crippen LogP contribution in [0.1, 0.15) is 16.7 Å². The summed E-state index contributed by atoms with van der Waals surface area (Å²) >= 11 is 1.46. The number of rotatable bonds is 6. The minimum atomic E-state index is -0.358. The van der Waals surface area contributed by atoms with Gasteiger partial charge in [0.05, 0.1) is 11.5 Å². The van der Waals surface area contributed by atoms with E-state index in [9.17, 15) is 10.1 Å². The summed E-state index contributed by atoms with van der Waals surface area (Å²) in [5.74, 6) is 0.572. The molecule has 122 valence electrons. The normalized spacial score (nSPS) is 10.7. The molecule has 0 aliphatic rings. The first-order chi connectivity index (χ1) is 11.6. The lowest BCUT2D eigenvalue weighted by atomic mass is 10.1. The molecule has 0 aliphatic heterocycles. The Kier molecular flexibility index (Phi) is 4.85. The number of nitrogens with zero attached hydrogens (tertiary/aromatic N) is 5. The predicted molar refractivity (Wildman–Crippen MR) is 90.8 cm³/mol. The monoisotopic (exact) mass is 341 g/mol. The number of benzene rings is 2. The minimum absolute atomic E-state index is 0.136. The van der Waals surface area contributed by atoms with E-state index in [2.05, 4.69) is 15.5 Å². The highest BCUT2D eigenvalue weighted by molar-refractivity contribution is 7.98. The number of aromatic nitrogens is 4. The number of tetrazole rings is 1. The molecule has 1 heterocycles. The lowest BCUT2D eigenvalue weighted by molar-refractivity contribution is -0.385. The van der Waals surface area contributed by atoms with Gasteiger partial charge in [-0.05, 0) is 28.5 Å². The van der Waals surface area contributed by atoms with Gasteiger partial charge in [0, 0.05) is 17.4 Å². The summed E-state index contributed by atoms with van der Waals surface area (Å²) in [6.07, 6.45) is 0. The third-order valence-corrected chi connectivity index (χ3v) is 4.65. The topological polar surface area (TPSA) is 86.7 Å². The molecule has 1 aromatic heterocycles. The van der Waals surface area contributed by atoms with Gasteiger partial charge in [-0.25, -0.2) is 4.68 Å². The number of thioether (sulfide) groups is 1. The van der Waals surface area contributed by atoms with Gasteiger partial charge in [0.2, 0.25) is 5.16 Å². The standard InChI is InChI=1S/C16H15N5O2S/c1-12-14(8-5-9-15(12)21(22)23)11-24-16-17-18-19-20(16)10-13-6-3-2-4-7-13/h2-9H,10-11H2,1H3. The van der Waals surface area contributed by atoms with Crippen molar-refractivity contribution >= 4 is 17.4 Å². The number of hydrogen-bond acceptors (Lipinski definition) is 6. The van der Waals surface area contributed by atoms with E-state index in [0.717, 1.165) is 11.1 Å². The average Bonchev–Trinajstić information content (AvgIpc) is 3.01. The van der Waals surface area contributed by atoms with Crippen LogP contribution in [0.25, 0.3) is 0 Å². The van der Waals surface area contributed by atoms with Crippen molar-refractivity contribution in [3.05, 3.63) is 75.3 Å². The summed E-state index contributed by atoms with van der Waals surface area (Å²) < 4.78 is 1.73. The van der Waals surface area contributed by atoms with Crippen LogP contribution in [0.15, 0.2) is 53.7 Å². The first-order valence-corrected chi connectivity index (χ1v) is 8.29. The van der Waals surface area contributed by atoms with Crippen LogP contribution in [0, 0.1) is 17.0 Å². The van der Waals surface area contributed by atoms with Gasteiger partial charge >= 0.3 is 0 Å². The fourth-order valence-corrected chi connectivity index (χ4v) is 3.26. The second-order valence-electron chi connectivity index (χ2n) is 5.21. The van der Waals surface area contributed by atoms with Crippen molar-refractivity contribution in [3.63, 3.8) is 0 Å². The zero-order chi connectivity index (χ0) is 16.9. The van der Waals surface area contributed by atoms with Crippen LogP contribution in [0.5, 0.6) is 0 Å². The molecule has 24 heavy (non-hydrogen) atoms. The Balaban J connectivity index is 1.73.